The smallest absolute Gasteiger partial charge is 0.261 e. The first-order chi connectivity index (χ1) is 12.4. The van der Waals surface area contributed by atoms with E-state index in [1.807, 2.05) is 0 Å². The summed E-state index contributed by atoms with van der Waals surface area (Å²) in [5.41, 5.74) is -0.392. The van der Waals surface area contributed by atoms with Gasteiger partial charge in [0.05, 0.1) is 5.02 Å². The van der Waals surface area contributed by atoms with E-state index in [4.69, 9.17) is 27.9 Å². The summed E-state index contributed by atoms with van der Waals surface area (Å²) in [6.45, 7) is 0. The number of amides is 1. The molecule has 0 saturated carbocycles. The quantitative estimate of drug-likeness (QED) is 0.563. The minimum atomic E-state index is -0.948. The van der Waals surface area contributed by atoms with E-state index in [1.54, 1.807) is 24.3 Å². The lowest BCUT2D eigenvalue weighted by Gasteiger charge is -2.11. The number of carbonyl (C=O) groups excluding carboxylic acids is 1. The van der Waals surface area contributed by atoms with Gasteiger partial charge in [0.2, 0.25) is 0 Å². The number of nitrogens with one attached hydrogen (secondary N) is 1. The summed E-state index contributed by atoms with van der Waals surface area (Å²) >= 11 is 12.0. The Morgan fingerprint density at radius 2 is 1.58 bits per heavy atom. The number of anilines is 1. The molecular formula is C19H11Cl2F2NO2. The first-order valence-electron chi connectivity index (χ1n) is 7.42. The Hall–Kier alpha value is -2.63. The summed E-state index contributed by atoms with van der Waals surface area (Å²) in [5, 5.41) is 3.19. The first-order valence-corrected chi connectivity index (χ1v) is 8.18. The van der Waals surface area contributed by atoms with E-state index in [-0.39, 0.29) is 10.7 Å². The molecule has 1 N–H and O–H groups in total. The zero-order valence-corrected chi connectivity index (χ0v) is 14.6. The Bertz CT molecular complexity index is 942. The summed E-state index contributed by atoms with van der Waals surface area (Å²) in [4.78, 5) is 12.1. The van der Waals surface area contributed by atoms with E-state index in [0.717, 1.165) is 12.1 Å². The van der Waals surface area contributed by atoms with E-state index in [2.05, 4.69) is 5.32 Å². The maximum absolute atomic E-state index is 13.7. The Morgan fingerprint density at radius 1 is 0.923 bits per heavy atom. The molecule has 26 heavy (non-hydrogen) atoms. The molecule has 0 fully saturated rings. The van der Waals surface area contributed by atoms with Crippen LogP contribution in [-0.2, 0) is 0 Å². The van der Waals surface area contributed by atoms with Crippen molar-refractivity contribution in [3.8, 4) is 11.5 Å². The van der Waals surface area contributed by atoms with Crippen LogP contribution in [0.3, 0.4) is 0 Å². The van der Waals surface area contributed by atoms with Gasteiger partial charge < -0.3 is 10.1 Å². The number of halogens is 4. The average Bonchev–Trinajstić information content (AvgIpc) is 2.59. The largest absolute Gasteiger partial charge is 0.456 e. The molecule has 0 spiro atoms. The molecule has 0 bridgehead atoms. The van der Waals surface area contributed by atoms with Crippen LogP contribution in [0, 0.1) is 11.6 Å². The topological polar surface area (TPSA) is 38.3 Å². The molecule has 0 radical (unpaired) electrons. The zero-order valence-electron chi connectivity index (χ0n) is 13.1. The fourth-order valence-corrected chi connectivity index (χ4v) is 2.54. The molecule has 3 aromatic rings. The van der Waals surface area contributed by atoms with Gasteiger partial charge in [-0.25, -0.2) is 8.78 Å². The normalized spacial score (nSPS) is 10.5. The Labute approximate surface area is 158 Å². The van der Waals surface area contributed by atoms with Gasteiger partial charge in [-0.3, -0.25) is 4.79 Å². The third-order valence-electron chi connectivity index (χ3n) is 3.42. The monoisotopic (exact) mass is 393 g/mol. The summed E-state index contributed by atoms with van der Waals surface area (Å²) < 4.78 is 32.9. The van der Waals surface area contributed by atoms with Gasteiger partial charge in [-0.2, -0.15) is 0 Å². The standard InChI is InChI=1S/C19H11Cl2F2NO2/c20-11-4-7-13(8-5-11)26-17-9-6-12(10-14(17)21)24-19(25)18-15(22)2-1-3-16(18)23/h1-10H,(H,24,25). The van der Waals surface area contributed by atoms with Crippen molar-refractivity contribution in [2.45, 2.75) is 0 Å². The number of ether oxygens (including phenoxy) is 1. The van der Waals surface area contributed by atoms with Gasteiger partial charge in [0.25, 0.3) is 5.91 Å². The van der Waals surface area contributed by atoms with E-state index < -0.39 is 23.1 Å². The second-order valence-electron chi connectivity index (χ2n) is 5.25. The number of hydrogen-bond acceptors (Lipinski definition) is 2. The molecular weight excluding hydrogens is 383 g/mol. The highest BCUT2D eigenvalue weighted by Crippen LogP contribution is 2.32. The van der Waals surface area contributed by atoms with Gasteiger partial charge in [0, 0.05) is 10.7 Å². The Kier molecular flexibility index (Phi) is 5.40. The van der Waals surface area contributed by atoms with Crippen LogP contribution in [0.1, 0.15) is 10.4 Å². The minimum absolute atomic E-state index is 0.215. The fourth-order valence-electron chi connectivity index (χ4n) is 2.20. The number of rotatable bonds is 4. The molecule has 0 saturated heterocycles. The molecule has 0 unspecified atom stereocenters. The number of hydrogen-bond donors (Lipinski definition) is 1. The maximum Gasteiger partial charge on any atom is 0.261 e. The molecule has 0 heterocycles. The highest BCUT2D eigenvalue weighted by Gasteiger charge is 2.17. The van der Waals surface area contributed by atoms with Crippen molar-refractivity contribution in [3.63, 3.8) is 0 Å². The third-order valence-corrected chi connectivity index (χ3v) is 3.97. The molecule has 132 valence electrons. The van der Waals surface area contributed by atoms with Crippen molar-refractivity contribution in [3.05, 3.63) is 87.9 Å². The summed E-state index contributed by atoms with van der Waals surface area (Å²) in [6.07, 6.45) is 0. The highest BCUT2D eigenvalue weighted by atomic mass is 35.5. The predicted molar refractivity (Wildman–Crippen MR) is 97.3 cm³/mol. The minimum Gasteiger partial charge on any atom is -0.456 e. The van der Waals surface area contributed by atoms with Gasteiger partial charge in [-0.15, -0.1) is 0 Å². The van der Waals surface area contributed by atoms with Crippen LogP contribution < -0.4 is 10.1 Å². The van der Waals surface area contributed by atoms with Crippen molar-refractivity contribution in [2.75, 3.05) is 5.32 Å². The van der Waals surface area contributed by atoms with Gasteiger partial charge in [0.15, 0.2) is 0 Å². The Balaban J connectivity index is 1.77. The van der Waals surface area contributed by atoms with Crippen molar-refractivity contribution in [1.29, 1.82) is 0 Å². The molecule has 7 heteroatoms. The van der Waals surface area contributed by atoms with Crippen LogP contribution in [0.5, 0.6) is 11.5 Å². The molecule has 0 aromatic heterocycles. The van der Waals surface area contributed by atoms with Crippen LogP contribution in [0.4, 0.5) is 14.5 Å². The Morgan fingerprint density at radius 3 is 2.19 bits per heavy atom. The van der Waals surface area contributed by atoms with Crippen molar-refractivity contribution in [2.24, 2.45) is 0 Å². The van der Waals surface area contributed by atoms with Crippen molar-refractivity contribution < 1.29 is 18.3 Å². The van der Waals surface area contributed by atoms with E-state index in [9.17, 15) is 13.6 Å². The average molecular weight is 394 g/mol. The van der Waals surface area contributed by atoms with Crippen LogP contribution in [0.15, 0.2) is 60.7 Å². The second-order valence-corrected chi connectivity index (χ2v) is 6.10. The number of benzene rings is 3. The van der Waals surface area contributed by atoms with Gasteiger partial charge in [-0.05, 0) is 54.6 Å². The molecule has 1 amide bonds. The van der Waals surface area contributed by atoms with Gasteiger partial charge >= 0.3 is 0 Å². The lowest BCUT2D eigenvalue weighted by Crippen LogP contribution is -2.15. The molecule has 0 aliphatic carbocycles. The summed E-state index contributed by atoms with van der Waals surface area (Å²) in [6, 6.07) is 14.3. The summed E-state index contributed by atoms with van der Waals surface area (Å²) in [5.74, 6) is -1.93. The van der Waals surface area contributed by atoms with Crippen LogP contribution in [0.25, 0.3) is 0 Å². The highest BCUT2D eigenvalue weighted by molar-refractivity contribution is 6.32. The fraction of sp³-hybridized carbons (Fsp3) is 0. The molecule has 0 aliphatic heterocycles. The molecule has 3 aromatic carbocycles. The zero-order chi connectivity index (χ0) is 18.7. The SMILES string of the molecule is O=C(Nc1ccc(Oc2ccc(Cl)cc2)c(Cl)c1)c1c(F)cccc1F. The van der Waals surface area contributed by atoms with Gasteiger partial charge in [0.1, 0.15) is 28.7 Å². The lowest BCUT2D eigenvalue weighted by atomic mass is 10.1. The van der Waals surface area contributed by atoms with Crippen LogP contribution >= 0.6 is 23.2 Å². The molecule has 3 nitrogen and oxygen atoms in total. The third kappa shape index (κ3) is 4.12. The van der Waals surface area contributed by atoms with Crippen molar-refractivity contribution in [1.82, 2.24) is 0 Å². The molecule has 0 atom stereocenters. The lowest BCUT2D eigenvalue weighted by molar-refractivity contribution is 0.101. The van der Waals surface area contributed by atoms with E-state index in [0.29, 0.717) is 16.5 Å². The second kappa shape index (κ2) is 7.72. The molecule has 3 rings (SSSR count). The van der Waals surface area contributed by atoms with Crippen LogP contribution in [-0.4, -0.2) is 5.91 Å². The van der Waals surface area contributed by atoms with E-state index in [1.165, 1.54) is 24.3 Å². The van der Waals surface area contributed by atoms with Crippen LogP contribution in [0.2, 0.25) is 10.0 Å². The first kappa shape index (κ1) is 18.2. The van der Waals surface area contributed by atoms with Gasteiger partial charge in [-0.1, -0.05) is 29.3 Å². The summed E-state index contributed by atoms with van der Waals surface area (Å²) in [7, 11) is 0. The number of carbonyl (C=O) groups is 1. The molecule has 0 aliphatic rings. The van der Waals surface area contributed by atoms with Crippen molar-refractivity contribution >= 4 is 34.8 Å². The predicted octanol–water partition coefficient (Wildman–Crippen LogP) is 6.32. The van der Waals surface area contributed by atoms with E-state index >= 15 is 0 Å². The maximum atomic E-state index is 13.7.